The molecule has 0 unspecified atom stereocenters. The largest absolute Gasteiger partial charge is 0.478 e. The molecule has 0 aliphatic heterocycles. The van der Waals surface area contributed by atoms with Crippen molar-refractivity contribution in [1.29, 1.82) is 0 Å². The number of benzene rings is 5. The average molecular weight is 537 g/mol. The summed E-state index contributed by atoms with van der Waals surface area (Å²) < 4.78 is 2.30. The van der Waals surface area contributed by atoms with Crippen LogP contribution in [0.25, 0.3) is 32.8 Å². The van der Waals surface area contributed by atoms with E-state index in [1.54, 1.807) is 24.3 Å². The number of carbonyl (C=O) groups excluding carboxylic acids is 1. The number of amides is 1. The molecule has 1 aromatic heterocycles. The van der Waals surface area contributed by atoms with Gasteiger partial charge in [-0.3, -0.25) is 4.79 Å². The number of aromatic carboxylic acids is 1. The van der Waals surface area contributed by atoms with Crippen LogP contribution in [0.2, 0.25) is 0 Å². The lowest BCUT2D eigenvalue weighted by Gasteiger charge is -2.22. The van der Waals surface area contributed by atoms with Crippen molar-refractivity contribution in [3.05, 3.63) is 144 Å². The number of carboxylic acid groups (broad SMARTS) is 1. The number of aromatic nitrogens is 1. The average Bonchev–Trinajstić information content (AvgIpc) is 3.71. The van der Waals surface area contributed by atoms with Crippen molar-refractivity contribution >= 4 is 33.6 Å². The van der Waals surface area contributed by atoms with Gasteiger partial charge in [0.15, 0.2) is 0 Å². The molecule has 0 radical (unpaired) electrons. The number of hydrogen-bond acceptors (Lipinski definition) is 2. The Kier molecular flexibility index (Phi) is 5.93. The van der Waals surface area contributed by atoms with E-state index in [4.69, 9.17) is 0 Å². The van der Waals surface area contributed by atoms with E-state index in [0.717, 1.165) is 40.4 Å². The molecule has 1 heterocycles. The van der Waals surface area contributed by atoms with Gasteiger partial charge in [-0.15, -0.1) is 0 Å². The zero-order valence-electron chi connectivity index (χ0n) is 22.4. The highest BCUT2D eigenvalue weighted by Crippen LogP contribution is 2.52. The lowest BCUT2D eigenvalue weighted by atomic mass is 9.97. The fourth-order valence-corrected chi connectivity index (χ4v) is 5.92. The van der Waals surface area contributed by atoms with E-state index in [2.05, 4.69) is 82.8 Å². The van der Waals surface area contributed by atoms with Crippen LogP contribution in [-0.2, 0) is 12.1 Å². The third kappa shape index (κ3) is 4.45. The Morgan fingerprint density at radius 1 is 0.732 bits per heavy atom. The molecule has 200 valence electrons. The second kappa shape index (κ2) is 9.79. The molecule has 0 bridgehead atoms. The van der Waals surface area contributed by atoms with Crippen LogP contribution in [0.3, 0.4) is 0 Å². The smallest absolute Gasteiger partial charge is 0.335 e. The van der Waals surface area contributed by atoms with Crippen LogP contribution in [0.1, 0.15) is 44.7 Å². The maximum Gasteiger partial charge on any atom is 0.335 e. The first kappa shape index (κ1) is 24.9. The van der Waals surface area contributed by atoms with E-state index >= 15 is 0 Å². The van der Waals surface area contributed by atoms with E-state index in [0.29, 0.717) is 12.1 Å². The van der Waals surface area contributed by atoms with E-state index in [-0.39, 0.29) is 17.0 Å². The number of carbonyl (C=O) groups is 2. The van der Waals surface area contributed by atoms with Crippen molar-refractivity contribution < 1.29 is 14.7 Å². The molecule has 0 atom stereocenters. The molecule has 7 rings (SSSR count). The Balaban J connectivity index is 1.31. The maximum atomic E-state index is 13.9. The normalized spacial score (nSPS) is 13.8. The summed E-state index contributed by atoms with van der Waals surface area (Å²) in [4.78, 5) is 25.1. The predicted molar refractivity (Wildman–Crippen MR) is 162 cm³/mol. The SMILES string of the molecule is O=C(O)c1ccc(CNC(=O)c2cc(-c3ccccc3)cc3ccn(C4(c5ccc6ccccc6c5)CC4)c23)cc1. The Morgan fingerprint density at radius 2 is 1.46 bits per heavy atom. The van der Waals surface area contributed by atoms with E-state index in [1.165, 1.54) is 16.3 Å². The number of nitrogens with one attached hydrogen (secondary N) is 1. The predicted octanol–water partition coefficient (Wildman–Crippen LogP) is 7.63. The Labute approximate surface area is 237 Å². The fourth-order valence-electron chi connectivity index (χ4n) is 5.92. The standard InChI is InChI=1S/C36H28N2O3/c39-34(37-23-24-10-12-27(13-11-24)35(40)41)32-22-30(25-6-2-1-3-7-25)20-29-16-19-38(33(29)32)36(17-18-36)31-15-14-26-8-4-5-9-28(26)21-31/h1-16,19-22H,17-18,23H2,(H,37,39)(H,40,41). The van der Waals surface area contributed by atoms with Gasteiger partial charge in [0.05, 0.1) is 22.2 Å². The van der Waals surface area contributed by atoms with Gasteiger partial charge in [0, 0.05) is 18.1 Å². The number of nitrogens with zero attached hydrogens (tertiary/aromatic N) is 1. The summed E-state index contributed by atoms with van der Waals surface area (Å²) in [5, 5.41) is 15.7. The number of fused-ring (bicyclic) bond motifs is 2. The molecule has 1 amide bonds. The summed E-state index contributed by atoms with van der Waals surface area (Å²) in [5.74, 6) is -1.13. The van der Waals surface area contributed by atoms with Crippen LogP contribution in [-0.4, -0.2) is 21.6 Å². The molecule has 1 aliphatic carbocycles. The number of hydrogen-bond donors (Lipinski definition) is 2. The first-order chi connectivity index (χ1) is 20.0. The van der Waals surface area contributed by atoms with Gasteiger partial charge < -0.3 is 15.0 Å². The van der Waals surface area contributed by atoms with Gasteiger partial charge in [-0.2, -0.15) is 0 Å². The molecule has 5 nitrogen and oxygen atoms in total. The molecule has 6 aromatic rings. The minimum atomic E-state index is -0.970. The summed E-state index contributed by atoms with van der Waals surface area (Å²) in [5.41, 5.74) is 5.71. The van der Waals surface area contributed by atoms with Crippen molar-refractivity contribution in [3.63, 3.8) is 0 Å². The van der Waals surface area contributed by atoms with Crippen LogP contribution in [0.15, 0.2) is 121 Å². The second-order valence-electron chi connectivity index (χ2n) is 10.8. The molecule has 5 aromatic carbocycles. The molecule has 1 saturated carbocycles. The number of rotatable bonds is 7. The zero-order valence-corrected chi connectivity index (χ0v) is 22.4. The molecule has 2 N–H and O–H groups in total. The molecular weight excluding hydrogens is 508 g/mol. The number of carboxylic acids is 1. The first-order valence-corrected chi connectivity index (χ1v) is 13.8. The van der Waals surface area contributed by atoms with Crippen molar-refractivity contribution in [2.24, 2.45) is 0 Å². The summed E-state index contributed by atoms with van der Waals surface area (Å²) in [6.45, 7) is 0.298. The highest BCUT2D eigenvalue weighted by molar-refractivity contribution is 6.08. The third-order valence-electron chi connectivity index (χ3n) is 8.26. The van der Waals surface area contributed by atoms with Gasteiger partial charge in [0.2, 0.25) is 0 Å². The minimum absolute atomic E-state index is 0.163. The quantitative estimate of drug-likeness (QED) is 0.220. The van der Waals surface area contributed by atoms with Gasteiger partial charge in [-0.1, -0.05) is 78.9 Å². The van der Waals surface area contributed by atoms with Crippen LogP contribution < -0.4 is 5.32 Å². The van der Waals surface area contributed by atoms with E-state index in [9.17, 15) is 14.7 Å². The summed E-state index contributed by atoms with van der Waals surface area (Å²) >= 11 is 0. The van der Waals surface area contributed by atoms with Crippen LogP contribution >= 0.6 is 0 Å². The lowest BCUT2D eigenvalue weighted by Crippen LogP contribution is -2.25. The highest BCUT2D eigenvalue weighted by Gasteiger charge is 2.47. The lowest BCUT2D eigenvalue weighted by molar-refractivity contribution is 0.0696. The topological polar surface area (TPSA) is 71.3 Å². The van der Waals surface area contributed by atoms with Crippen LogP contribution in [0, 0.1) is 0 Å². The highest BCUT2D eigenvalue weighted by atomic mass is 16.4. The van der Waals surface area contributed by atoms with E-state index < -0.39 is 5.97 Å². The summed E-state index contributed by atoms with van der Waals surface area (Å²) in [7, 11) is 0. The molecule has 41 heavy (non-hydrogen) atoms. The minimum Gasteiger partial charge on any atom is -0.478 e. The second-order valence-corrected chi connectivity index (χ2v) is 10.8. The van der Waals surface area contributed by atoms with Crippen molar-refractivity contribution in [2.45, 2.75) is 24.9 Å². The monoisotopic (exact) mass is 536 g/mol. The van der Waals surface area contributed by atoms with Gasteiger partial charge in [0.1, 0.15) is 0 Å². The van der Waals surface area contributed by atoms with Gasteiger partial charge in [-0.25, -0.2) is 4.79 Å². The van der Waals surface area contributed by atoms with Crippen molar-refractivity contribution in [2.75, 3.05) is 0 Å². The third-order valence-corrected chi connectivity index (χ3v) is 8.26. The fraction of sp³-hybridized carbons (Fsp3) is 0.111. The van der Waals surface area contributed by atoms with Gasteiger partial charge >= 0.3 is 5.97 Å². The Bertz CT molecular complexity index is 1930. The molecule has 1 aliphatic rings. The summed E-state index contributed by atoms with van der Waals surface area (Å²) in [6, 6.07) is 38.1. The molecule has 0 spiro atoms. The molecule has 0 saturated heterocycles. The van der Waals surface area contributed by atoms with Gasteiger partial charge in [0.25, 0.3) is 5.91 Å². The van der Waals surface area contributed by atoms with Crippen LogP contribution in [0.5, 0.6) is 0 Å². The zero-order chi connectivity index (χ0) is 28.0. The molecule has 5 heteroatoms. The first-order valence-electron chi connectivity index (χ1n) is 13.8. The van der Waals surface area contributed by atoms with Crippen molar-refractivity contribution in [1.82, 2.24) is 9.88 Å². The summed E-state index contributed by atoms with van der Waals surface area (Å²) in [6.07, 6.45) is 4.14. The molecule has 1 fully saturated rings. The van der Waals surface area contributed by atoms with Crippen LogP contribution in [0.4, 0.5) is 0 Å². The molecular formula is C36H28N2O3. The van der Waals surface area contributed by atoms with E-state index in [1.807, 2.05) is 24.3 Å². The Hall–Kier alpha value is -5.16. The maximum absolute atomic E-state index is 13.9. The Morgan fingerprint density at radius 3 is 2.20 bits per heavy atom. The van der Waals surface area contributed by atoms with Crippen molar-refractivity contribution in [3.8, 4) is 11.1 Å². The van der Waals surface area contributed by atoms with Gasteiger partial charge in [-0.05, 0) is 82.3 Å².